The molecule has 0 unspecified atom stereocenters. The van der Waals surface area contributed by atoms with Crippen LogP contribution in [0.2, 0.25) is 0 Å². The summed E-state index contributed by atoms with van der Waals surface area (Å²) < 4.78 is 5.76. The third-order valence-electron chi connectivity index (χ3n) is 3.10. The van der Waals surface area contributed by atoms with Gasteiger partial charge in [-0.3, -0.25) is 0 Å². The van der Waals surface area contributed by atoms with Crippen LogP contribution in [-0.2, 0) is 11.4 Å². The van der Waals surface area contributed by atoms with Gasteiger partial charge in [-0.05, 0) is 46.7 Å². The van der Waals surface area contributed by atoms with Crippen molar-refractivity contribution in [2.24, 2.45) is 0 Å². The van der Waals surface area contributed by atoms with Gasteiger partial charge in [-0.1, -0.05) is 26.0 Å². The molecule has 4 heteroatoms. The quantitative estimate of drug-likeness (QED) is 0.796. The second kappa shape index (κ2) is 7.09. The summed E-state index contributed by atoms with van der Waals surface area (Å²) in [6.45, 7) is 4.75. The van der Waals surface area contributed by atoms with Crippen molar-refractivity contribution in [3.63, 3.8) is 0 Å². The first kappa shape index (κ1) is 15.3. The number of carbonyl (C=O) groups is 1. The van der Waals surface area contributed by atoms with Gasteiger partial charge >= 0.3 is 5.97 Å². The van der Waals surface area contributed by atoms with E-state index in [9.17, 15) is 4.79 Å². The molecule has 0 aliphatic rings. The Hall–Kier alpha value is -2.07. The molecular formula is C17H18O3S. The smallest absolute Gasteiger partial charge is 0.328 e. The zero-order valence-electron chi connectivity index (χ0n) is 12.1. The van der Waals surface area contributed by atoms with E-state index in [1.54, 1.807) is 17.4 Å². The third kappa shape index (κ3) is 4.46. The van der Waals surface area contributed by atoms with Crippen molar-refractivity contribution in [3.8, 4) is 5.75 Å². The first-order chi connectivity index (χ1) is 10.1. The molecule has 1 N–H and O–H groups in total. The Kier molecular flexibility index (Phi) is 5.17. The van der Waals surface area contributed by atoms with Crippen molar-refractivity contribution < 1.29 is 14.6 Å². The van der Waals surface area contributed by atoms with Gasteiger partial charge < -0.3 is 9.84 Å². The Morgan fingerprint density at radius 1 is 1.29 bits per heavy atom. The van der Waals surface area contributed by atoms with Crippen LogP contribution in [0.3, 0.4) is 0 Å². The van der Waals surface area contributed by atoms with E-state index in [2.05, 4.69) is 26.0 Å². The Morgan fingerprint density at radius 2 is 2.00 bits per heavy atom. The van der Waals surface area contributed by atoms with Crippen LogP contribution in [0.1, 0.15) is 35.8 Å². The normalized spacial score (nSPS) is 11.2. The zero-order valence-corrected chi connectivity index (χ0v) is 12.9. The van der Waals surface area contributed by atoms with E-state index < -0.39 is 5.97 Å². The molecule has 0 atom stereocenters. The van der Waals surface area contributed by atoms with Gasteiger partial charge in [0, 0.05) is 11.0 Å². The Bertz CT molecular complexity index is 624. The first-order valence-electron chi connectivity index (χ1n) is 6.76. The van der Waals surface area contributed by atoms with Crippen LogP contribution >= 0.6 is 11.3 Å². The largest absolute Gasteiger partial charge is 0.488 e. The molecule has 1 aromatic carbocycles. The fraction of sp³-hybridized carbons (Fsp3) is 0.235. The van der Waals surface area contributed by atoms with Crippen molar-refractivity contribution in [2.45, 2.75) is 26.4 Å². The molecule has 2 rings (SSSR count). The lowest BCUT2D eigenvalue weighted by Gasteiger charge is -2.08. The fourth-order valence-corrected chi connectivity index (χ4v) is 2.65. The van der Waals surface area contributed by atoms with E-state index in [1.165, 1.54) is 5.56 Å². The van der Waals surface area contributed by atoms with E-state index in [0.29, 0.717) is 12.5 Å². The number of hydrogen-bond donors (Lipinski definition) is 1. The van der Waals surface area contributed by atoms with Crippen LogP contribution in [-0.4, -0.2) is 11.1 Å². The molecule has 3 nitrogen and oxygen atoms in total. The van der Waals surface area contributed by atoms with Gasteiger partial charge in [-0.25, -0.2) is 4.79 Å². The Morgan fingerprint density at radius 3 is 2.62 bits per heavy atom. The summed E-state index contributed by atoms with van der Waals surface area (Å²) in [5.74, 6) is 0.377. The molecule has 0 bridgehead atoms. The maximum atomic E-state index is 10.6. The predicted molar refractivity (Wildman–Crippen MR) is 85.9 cm³/mol. The lowest BCUT2D eigenvalue weighted by molar-refractivity contribution is -0.131. The van der Waals surface area contributed by atoms with Crippen LogP contribution in [0.25, 0.3) is 6.08 Å². The van der Waals surface area contributed by atoms with E-state index in [0.717, 1.165) is 22.3 Å². The van der Waals surface area contributed by atoms with Gasteiger partial charge in [0.2, 0.25) is 0 Å². The number of ether oxygens (including phenoxy) is 1. The number of benzene rings is 1. The second-order valence-electron chi connectivity index (χ2n) is 4.98. The SMILES string of the molecule is CC(C)c1ccc(OCc2sccc2C=CC(=O)O)cc1. The second-order valence-corrected chi connectivity index (χ2v) is 5.98. The summed E-state index contributed by atoms with van der Waals surface area (Å²) in [5.41, 5.74) is 2.17. The summed E-state index contributed by atoms with van der Waals surface area (Å²) in [6.07, 6.45) is 2.74. The van der Waals surface area contributed by atoms with E-state index in [-0.39, 0.29) is 0 Å². The Balaban J connectivity index is 2.00. The highest BCUT2D eigenvalue weighted by molar-refractivity contribution is 7.10. The van der Waals surface area contributed by atoms with Crippen LogP contribution in [0.15, 0.2) is 41.8 Å². The molecule has 0 aliphatic heterocycles. The summed E-state index contributed by atoms with van der Waals surface area (Å²) in [7, 11) is 0. The van der Waals surface area contributed by atoms with Crippen molar-refractivity contribution in [3.05, 3.63) is 57.8 Å². The highest BCUT2D eigenvalue weighted by Gasteiger charge is 2.04. The maximum Gasteiger partial charge on any atom is 0.328 e. The lowest BCUT2D eigenvalue weighted by atomic mass is 10.0. The van der Waals surface area contributed by atoms with Gasteiger partial charge in [-0.2, -0.15) is 0 Å². The van der Waals surface area contributed by atoms with Crippen molar-refractivity contribution >= 4 is 23.4 Å². The predicted octanol–water partition coefficient (Wildman–Crippen LogP) is 4.55. The number of carboxylic acids is 1. The molecule has 110 valence electrons. The molecule has 2 aromatic rings. The molecular weight excluding hydrogens is 284 g/mol. The van der Waals surface area contributed by atoms with Crippen LogP contribution in [0.4, 0.5) is 0 Å². The zero-order chi connectivity index (χ0) is 15.2. The lowest BCUT2D eigenvalue weighted by Crippen LogP contribution is -1.95. The number of rotatable bonds is 6. The van der Waals surface area contributed by atoms with Crippen molar-refractivity contribution in [1.82, 2.24) is 0 Å². The van der Waals surface area contributed by atoms with Gasteiger partial charge in [-0.15, -0.1) is 11.3 Å². The van der Waals surface area contributed by atoms with Crippen molar-refractivity contribution in [2.75, 3.05) is 0 Å². The molecule has 0 saturated heterocycles. The average Bonchev–Trinajstić information content (AvgIpc) is 2.90. The maximum absolute atomic E-state index is 10.6. The van der Waals surface area contributed by atoms with Gasteiger partial charge in [0.1, 0.15) is 12.4 Å². The minimum absolute atomic E-state index is 0.442. The molecule has 0 aliphatic carbocycles. The average molecular weight is 302 g/mol. The highest BCUT2D eigenvalue weighted by atomic mass is 32.1. The van der Waals surface area contributed by atoms with Crippen LogP contribution < -0.4 is 4.74 Å². The summed E-state index contributed by atoms with van der Waals surface area (Å²) in [4.78, 5) is 11.6. The topological polar surface area (TPSA) is 46.5 Å². The molecule has 21 heavy (non-hydrogen) atoms. The van der Waals surface area contributed by atoms with Crippen LogP contribution in [0.5, 0.6) is 5.75 Å². The number of thiophene rings is 1. The molecule has 1 heterocycles. The molecule has 0 radical (unpaired) electrons. The number of carboxylic acid groups (broad SMARTS) is 1. The van der Waals surface area contributed by atoms with Crippen molar-refractivity contribution in [1.29, 1.82) is 0 Å². The third-order valence-corrected chi connectivity index (χ3v) is 4.01. The summed E-state index contributed by atoms with van der Waals surface area (Å²) in [5, 5.41) is 10.6. The van der Waals surface area contributed by atoms with E-state index in [1.807, 2.05) is 23.6 Å². The molecule has 0 spiro atoms. The monoisotopic (exact) mass is 302 g/mol. The fourth-order valence-electron chi connectivity index (χ4n) is 1.88. The van der Waals surface area contributed by atoms with Crippen LogP contribution in [0, 0.1) is 0 Å². The number of hydrogen-bond acceptors (Lipinski definition) is 3. The molecule has 0 saturated carbocycles. The Labute approximate surface area is 128 Å². The minimum atomic E-state index is -0.947. The van der Waals surface area contributed by atoms with E-state index >= 15 is 0 Å². The summed E-state index contributed by atoms with van der Waals surface area (Å²) >= 11 is 1.56. The summed E-state index contributed by atoms with van der Waals surface area (Å²) in [6, 6.07) is 9.97. The van der Waals surface area contributed by atoms with Gasteiger partial charge in [0.25, 0.3) is 0 Å². The van der Waals surface area contributed by atoms with E-state index in [4.69, 9.17) is 9.84 Å². The first-order valence-corrected chi connectivity index (χ1v) is 7.64. The van der Waals surface area contributed by atoms with Gasteiger partial charge in [0.05, 0.1) is 0 Å². The molecule has 0 fully saturated rings. The minimum Gasteiger partial charge on any atom is -0.488 e. The standard InChI is InChI=1S/C17H18O3S/c1-12(2)13-3-6-15(7-4-13)20-11-16-14(9-10-21-16)5-8-17(18)19/h3-10,12H,11H2,1-2H3,(H,18,19). The molecule has 0 amide bonds. The number of aliphatic carboxylic acids is 1. The highest BCUT2D eigenvalue weighted by Crippen LogP contribution is 2.23. The molecule has 1 aromatic heterocycles. The van der Waals surface area contributed by atoms with Gasteiger partial charge in [0.15, 0.2) is 0 Å².